The molecule has 25 heavy (non-hydrogen) atoms. The molecule has 0 spiro atoms. The molecular weight excluding hydrogens is 361 g/mol. The van der Waals surface area contributed by atoms with E-state index in [1.165, 1.54) is 4.68 Å². The van der Waals surface area contributed by atoms with E-state index in [-0.39, 0.29) is 24.7 Å². The minimum atomic E-state index is -0.259. The van der Waals surface area contributed by atoms with Crippen LogP contribution in [0.25, 0.3) is 10.9 Å². The Kier molecular flexibility index (Phi) is 5.36. The van der Waals surface area contributed by atoms with Crippen LogP contribution >= 0.6 is 23.2 Å². The highest BCUT2D eigenvalue weighted by molar-refractivity contribution is 6.31. The average Bonchev–Trinajstić information content (AvgIpc) is 3.02. The van der Waals surface area contributed by atoms with Crippen molar-refractivity contribution >= 4 is 45.9 Å². The van der Waals surface area contributed by atoms with Crippen LogP contribution in [0.5, 0.6) is 0 Å². The lowest BCUT2D eigenvalue weighted by Crippen LogP contribution is -2.24. The number of nitrogens with one attached hydrogen (secondary N) is 1. The van der Waals surface area contributed by atoms with E-state index in [0.717, 1.165) is 10.9 Å². The molecule has 7 heteroatoms. The molecule has 5 nitrogen and oxygen atoms in total. The van der Waals surface area contributed by atoms with Crippen molar-refractivity contribution in [1.82, 2.24) is 15.1 Å². The molecule has 1 N–H and O–H groups in total. The summed E-state index contributed by atoms with van der Waals surface area (Å²) in [6, 6.07) is 12.5. The van der Waals surface area contributed by atoms with Crippen molar-refractivity contribution in [1.29, 1.82) is 0 Å². The molecular formula is C18H15Cl2N3O2. The average molecular weight is 376 g/mol. The first-order chi connectivity index (χ1) is 12.0. The number of fused-ring (bicyclic) bond motifs is 1. The molecule has 0 aliphatic heterocycles. The van der Waals surface area contributed by atoms with Crippen LogP contribution in [-0.4, -0.2) is 21.6 Å². The molecule has 1 amide bonds. The Balaban J connectivity index is 1.57. The van der Waals surface area contributed by atoms with Gasteiger partial charge in [-0.15, -0.1) is 0 Å². The maximum absolute atomic E-state index is 12.3. The van der Waals surface area contributed by atoms with Crippen molar-refractivity contribution in [3.8, 4) is 0 Å². The molecule has 1 heterocycles. The zero-order chi connectivity index (χ0) is 17.8. The molecule has 0 saturated carbocycles. The van der Waals surface area contributed by atoms with Gasteiger partial charge in [0.2, 0.25) is 11.8 Å². The second-order valence-corrected chi connectivity index (χ2v) is 6.37. The lowest BCUT2D eigenvalue weighted by Gasteiger charge is -2.07. The maximum Gasteiger partial charge on any atom is 0.247 e. The highest BCUT2D eigenvalue weighted by Crippen LogP contribution is 2.19. The number of carbonyl (C=O) groups is 2. The number of halogens is 2. The summed E-state index contributed by atoms with van der Waals surface area (Å²) in [6.07, 6.45) is 1.73. The van der Waals surface area contributed by atoms with Crippen LogP contribution in [-0.2, 0) is 11.3 Å². The number of rotatable bonds is 5. The fraction of sp³-hybridized carbons (Fsp3) is 0.167. The van der Waals surface area contributed by atoms with Crippen molar-refractivity contribution in [2.24, 2.45) is 0 Å². The normalized spacial score (nSPS) is 10.8. The lowest BCUT2D eigenvalue weighted by atomic mass is 10.2. The first-order valence-corrected chi connectivity index (χ1v) is 8.47. The van der Waals surface area contributed by atoms with Crippen LogP contribution in [0, 0.1) is 0 Å². The first-order valence-electron chi connectivity index (χ1n) is 7.71. The molecule has 3 aromatic rings. The maximum atomic E-state index is 12.3. The molecule has 0 radical (unpaired) electrons. The largest absolute Gasteiger partial charge is 0.352 e. The van der Waals surface area contributed by atoms with Crippen LogP contribution in [0.2, 0.25) is 10.0 Å². The third kappa shape index (κ3) is 4.18. The highest BCUT2D eigenvalue weighted by Gasteiger charge is 2.13. The molecule has 128 valence electrons. The molecule has 0 bridgehead atoms. The van der Waals surface area contributed by atoms with Crippen molar-refractivity contribution < 1.29 is 9.59 Å². The van der Waals surface area contributed by atoms with Crippen molar-refractivity contribution in [3.05, 3.63) is 64.3 Å². The van der Waals surface area contributed by atoms with E-state index in [1.807, 2.05) is 18.2 Å². The first kappa shape index (κ1) is 17.5. The Morgan fingerprint density at radius 1 is 1.08 bits per heavy atom. The SMILES string of the molecule is O=C(CCC(=O)n1ncc2ccc(Cl)cc21)NCc1ccccc1Cl. The fourth-order valence-electron chi connectivity index (χ4n) is 2.44. The van der Waals surface area contributed by atoms with E-state index >= 15 is 0 Å². The summed E-state index contributed by atoms with van der Waals surface area (Å²) in [5.41, 5.74) is 1.46. The minimum absolute atomic E-state index is 0.0532. The van der Waals surface area contributed by atoms with Crippen molar-refractivity contribution in [3.63, 3.8) is 0 Å². The predicted octanol–water partition coefficient (Wildman–Crippen LogP) is 4.08. The van der Waals surface area contributed by atoms with Crippen molar-refractivity contribution in [2.75, 3.05) is 0 Å². The molecule has 0 saturated heterocycles. The second kappa shape index (κ2) is 7.68. The van der Waals surface area contributed by atoms with Gasteiger partial charge >= 0.3 is 0 Å². The number of aromatic nitrogens is 2. The number of hydrogen-bond donors (Lipinski definition) is 1. The standard InChI is InChI=1S/C18H15Cl2N3O2/c19-14-6-5-13-11-22-23(16(13)9-14)18(25)8-7-17(24)21-10-12-3-1-2-4-15(12)20/h1-6,9,11H,7-8,10H2,(H,21,24). The van der Waals surface area contributed by atoms with Gasteiger partial charge in [0.1, 0.15) is 0 Å². The smallest absolute Gasteiger partial charge is 0.247 e. The Bertz CT molecular complexity index is 937. The molecule has 3 rings (SSSR count). The quantitative estimate of drug-likeness (QED) is 0.730. The third-order valence-electron chi connectivity index (χ3n) is 3.77. The van der Waals surface area contributed by atoms with E-state index in [9.17, 15) is 9.59 Å². The Labute approximate surface area is 154 Å². The summed E-state index contributed by atoms with van der Waals surface area (Å²) in [7, 11) is 0. The summed E-state index contributed by atoms with van der Waals surface area (Å²) in [6.45, 7) is 0.326. The van der Waals surface area contributed by atoms with Crippen LogP contribution < -0.4 is 5.32 Å². The summed E-state index contributed by atoms with van der Waals surface area (Å²) in [5, 5.41) is 8.78. The van der Waals surface area contributed by atoms with Gasteiger partial charge in [-0.1, -0.05) is 41.4 Å². The van der Waals surface area contributed by atoms with Gasteiger partial charge in [-0.05, 0) is 29.8 Å². The van der Waals surface area contributed by atoms with Crippen LogP contribution in [0.1, 0.15) is 23.2 Å². The van der Waals surface area contributed by atoms with Gasteiger partial charge in [0.25, 0.3) is 0 Å². The zero-order valence-corrected chi connectivity index (χ0v) is 14.7. The molecule has 0 fully saturated rings. The van der Waals surface area contributed by atoms with Gasteiger partial charge in [0.05, 0.1) is 11.7 Å². The molecule has 1 aromatic heterocycles. The summed E-state index contributed by atoms with van der Waals surface area (Å²) < 4.78 is 1.28. The number of amides is 1. The Hall–Kier alpha value is -2.37. The van der Waals surface area contributed by atoms with Gasteiger partial charge in [-0.25, -0.2) is 4.68 Å². The molecule has 0 unspecified atom stereocenters. The van der Waals surface area contributed by atoms with Gasteiger partial charge < -0.3 is 5.32 Å². The third-order valence-corrected chi connectivity index (χ3v) is 4.37. The predicted molar refractivity (Wildman–Crippen MR) is 97.9 cm³/mol. The van der Waals surface area contributed by atoms with E-state index in [4.69, 9.17) is 23.2 Å². The zero-order valence-electron chi connectivity index (χ0n) is 13.2. The van der Waals surface area contributed by atoms with Crippen LogP contribution in [0.3, 0.4) is 0 Å². The van der Waals surface area contributed by atoms with Gasteiger partial charge in [-0.3, -0.25) is 9.59 Å². The van der Waals surface area contributed by atoms with E-state index < -0.39 is 0 Å². The lowest BCUT2D eigenvalue weighted by molar-refractivity contribution is -0.121. The number of benzene rings is 2. The Morgan fingerprint density at radius 3 is 2.68 bits per heavy atom. The molecule has 0 atom stereocenters. The van der Waals surface area contributed by atoms with E-state index in [0.29, 0.717) is 22.1 Å². The van der Waals surface area contributed by atoms with Gasteiger partial charge in [0, 0.05) is 34.8 Å². The minimum Gasteiger partial charge on any atom is -0.352 e. The highest BCUT2D eigenvalue weighted by atomic mass is 35.5. The molecule has 0 aliphatic carbocycles. The number of carbonyl (C=O) groups excluding carboxylic acids is 2. The van der Waals surface area contributed by atoms with Crippen LogP contribution in [0.15, 0.2) is 48.7 Å². The Morgan fingerprint density at radius 2 is 1.88 bits per heavy atom. The van der Waals surface area contributed by atoms with Gasteiger partial charge in [0.15, 0.2) is 0 Å². The monoisotopic (exact) mass is 375 g/mol. The second-order valence-electron chi connectivity index (χ2n) is 5.52. The molecule has 2 aromatic carbocycles. The van der Waals surface area contributed by atoms with Crippen LogP contribution in [0.4, 0.5) is 0 Å². The summed E-state index contributed by atoms with van der Waals surface area (Å²) in [4.78, 5) is 24.3. The molecule has 0 aliphatic rings. The summed E-state index contributed by atoms with van der Waals surface area (Å²) >= 11 is 12.0. The van der Waals surface area contributed by atoms with Gasteiger partial charge in [-0.2, -0.15) is 5.10 Å². The fourth-order valence-corrected chi connectivity index (χ4v) is 2.81. The summed E-state index contributed by atoms with van der Waals surface area (Å²) in [5.74, 6) is -0.479. The van der Waals surface area contributed by atoms with E-state index in [1.54, 1.807) is 30.5 Å². The van der Waals surface area contributed by atoms with E-state index in [2.05, 4.69) is 10.4 Å². The number of hydrogen-bond acceptors (Lipinski definition) is 3. The number of nitrogens with zero attached hydrogens (tertiary/aromatic N) is 2. The topological polar surface area (TPSA) is 64.0 Å². The van der Waals surface area contributed by atoms with Crippen molar-refractivity contribution in [2.45, 2.75) is 19.4 Å².